The van der Waals surface area contributed by atoms with Crippen molar-refractivity contribution in [2.45, 2.75) is 26.3 Å². The lowest BCUT2D eigenvalue weighted by atomic mass is 10.0. The minimum atomic E-state index is -0.239. The minimum Gasteiger partial charge on any atom is -0.348 e. The second kappa shape index (κ2) is 7.60. The Bertz CT molecular complexity index is 1100. The predicted octanol–water partition coefficient (Wildman–Crippen LogP) is 3.52. The summed E-state index contributed by atoms with van der Waals surface area (Å²) in [4.78, 5) is 12.5. The van der Waals surface area contributed by atoms with Crippen LogP contribution >= 0.6 is 0 Å². The van der Waals surface area contributed by atoms with Gasteiger partial charge in [-0.05, 0) is 31.5 Å². The Hall–Kier alpha value is -3.54. The standard InChI is InChI=1S/C22H21N5O/c1-15-8-10-18(11-9-15)19-12-13-20-24-25-21(27(20)26-19)14-23-22(28)16(2)17-6-4-3-5-7-17/h3-13,16H,14H2,1-2H3,(H,23,28). The summed E-state index contributed by atoms with van der Waals surface area (Å²) in [5.41, 5.74) is 4.68. The van der Waals surface area contributed by atoms with Crippen LogP contribution in [-0.2, 0) is 11.3 Å². The number of benzene rings is 2. The number of amides is 1. The molecule has 0 aliphatic heterocycles. The molecular weight excluding hydrogens is 350 g/mol. The number of carbonyl (C=O) groups excluding carboxylic acids is 1. The molecule has 1 atom stereocenters. The molecule has 0 aliphatic carbocycles. The number of aryl methyl sites for hydroxylation is 1. The van der Waals surface area contributed by atoms with Gasteiger partial charge in [0.15, 0.2) is 11.5 Å². The Balaban J connectivity index is 1.53. The third-order valence-corrected chi connectivity index (χ3v) is 4.79. The van der Waals surface area contributed by atoms with Crippen LogP contribution in [0.4, 0.5) is 0 Å². The van der Waals surface area contributed by atoms with Crippen LogP contribution < -0.4 is 5.32 Å². The molecular formula is C22H21N5O. The van der Waals surface area contributed by atoms with E-state index in [4.69, 9.17) is 0 Å². The zero-order valence-electron chi connectivity index (χ0n) is 15.8. The van der Waals surface area contributed by atoms with Gasteiger partial charge in [-0.15, -0.1) is 10.2 Å². The smallest absolute Gasteiger partial charge is 0.227 e. The highest BCUT2D eigenvalue weighted by atomic mass is 16.1. The number of carbonyl (C=O) groups is 1. The first-order chi connectivity index (χ1) is 13.6. The fraction of sp³-hybridized carbons (Fsp3) is 0.182. The van der Waals surface area contributed by atoms with Crippen molar-refractivity contribution < 1.29 is 4.79 Å². The second-order valence-electron chi connectivity index (χ2n) is 6.82. The fourth-order valence-corrected chi connectivity index (χ4v) is 3.03. The van der Waals surface area contributed by atoms with Crippen LogP contribution in [0.2, 0.25) is 0 Å². The highest BCUT2D eigenvalue weighted by molar-refractivity contribution is 5.83. The van der Waals surface area contributed by atoms with Crippen molar-refractivity contribution in [3.05, 3.63) is 83.7 Å². The summed E-state index contributed by atoms with van der Waals surface area (Å²) in [5.74, 6) is 0.298. The monoisotopic (exact) mass is 371 g/mol. The maximum absolute atomic E-state index is 12.5. The van der Waals surface area contributed by atoms with Crippen molar-refractivity contribution in [1.29, 1.82) is 0 Å². The number of hydrogen-bond acceptors (Lipinski definition) is 4. The van der Waals surface area contributed by atoms with Gasteiger partial charge in [-0.2, -0.15) is 9.61 Å². The van der Waals surface area contributed by atoms with E-state index in [2.05, 4.69) is 39.7 Å². The number of hydrogen-bond donors (Lipinski definition) is 1. The lowest BCUT2D eigenvalue weighted by molar-refractivity contribution is -0.122. The average molecular weight is 371 g/mol. The van der Waals surface area contributed by atoms with Crippen LogP contribution in [0.25, 0.3) is 16.9 Å². The number of rotatable bonds is 5. The van der Waals surface area contributed by atoms with Crippen molar-refractivity contribution in [2.24, 2.45) is 0 Å². The van der Waals surface area contributed by atoms with Gasteiger partial charge in [0.1, 0.15) is 0 Å². The topological polar surface area (TPSA) is 72.2 Å². The van der Waals surface area contributed by atoms with Gasteiger partial charge in [-0.25, -0.2) is 0 Å². The Labute approximate surface area is 163 Å². The molecule has 0 radical (unpaired) electrons. The van der Waals surface area contributed by atoms with E-state index in [0.29, 0.717) is 11.5 Å². The highest BCUT2D eigenvalue weighted by Crippen LogP contribution is 2.18. The van der Waals surface area contributed by atoms with E-state index >= 15 is 0 Å². The molecule has 0 spiro atoms. The maximum Gasteiger partial charge on any atom is 0.227 e. The second-order valence-corrected chi connectivity index (χ2v) is 6.82. The number of fused-ring (bicyclic) bond motifs is 1. The van der Waals surface area contributed by atoms with Crippen LogP contribution in [0, 0.1) is 6.92 Å². The van der Waals surface area contributed by atoms with Gasteiger partial charge in [0, 0.05) is 5.56 Å². The Morgan fingerprint density at radius 1 is 1.00 bits per heavy atom. The van der Waals surface area contributed by atoms with Crippen molar-refractivity contribution in [1.82, 2.24) is 25.1 Å². The maximum atomic E-state index is 12.5. The summed E-state index contributed by atoms with van der Waals surface area (Å²) in [6.07, 6.45) is 0. The van der Waals surface area contributed by atoms with Crippen LogP contribution in [0.15, 0.2) is 66.7 Å². The minimum absolute atomic E-state index is 0.0577. The molecule has 4 aromatic rings. The van der Waals surface area contributed by atoms with E-state index < -0.39 is 0 Å². The van der Waals surface area contributed by atoms with Gasteiger partial charge in [0.05, 0.1) is 18.2 Å². The van der Waals surface area contributed by atoms with E-state index in [0.717, 1.165) is 16.8 Å². The molecule has 2 heterocycles. The van der Waals surface area contributed by atoms with Gasteiger partial charge in [0.25, 0.3) is 0 Å². The molecule has 28 heavy (non-hydrogen) atoms. The summed E-state index contributed by atoms with van der Waals surface area (Å²) in [6, 6.07) is 21.7. The first kappa shape index (κ1) is 17.9. The summed E-state index contributed by atoms with van der Waals surface area (Å²) >= 11 is 0. The Morgan fingerprint density at radius 3 is 2.50 bits per heavy atom. The Morgan fingerprint density at radius 2 is 1.75 bits per heavy atom. The largest absolute Gasteiger partial charge is 0.348 e. The SMILES string of the molecule is Cc1ccc(-c2ccc3nnc(CNC(=O)C(C)c4ccccc4)n3n2)cc1. The molecule has 0 fully saturated rings. The predicted molar refractivity (Wildman–Crippen MR) is 108 cm³/mol. The number of aromatic nitrogens is 4. The third kappa shape index (κ3) is 3.62. The van der Waals surface area contributed by atoms with E-state index in [1.54, 1.807) is 4.52 Å². The summed E-state index contributed by atoms with van der Waals surface area (Å²) in [7, 11) is 0. The number of nitrogens with zero attached hydrogens (tertiary/aromatic N) is 4. The van der Waals surface area contributed by atoms with Crippen LogP contribution in [0.3, 0.4) is 0 Å². The van der Waals surface area contributed by atoms with Gasteiger partial charge in [0.2, 0.25) is 5.91 Å². The lowest BCUT2D eigenvalue weighted by Crippen LogP contribution is -2.28. The van der Waals surface area contributed by atoms with E-state index in [1.165, 1.54) is 5.56 Å². The number of nitrogens with one attached hydrogen (secondary N) is 1. The van der Waals surface area contributed by atoms with E-state index in [1.807, 2.05) is 61.5 Å². The molecule has 0 aliphatic rings. The highest BCUT2D eigenvalue weighted by Gasteiger charge is 2.16. The van der Waals surface area contributed by atoms with E-state index in [9.17, 15) is 4.79 Å². The molecule has 4 rings (SSSR count). The van der Waals surface area contributed by atoms with Crippen molar-refractivity contribution >= 4 is 11.6 Å². The first-order valence-electron chi connectivity index (χ1n) is 9.23. The molecule has 1 amide bonds. The molecule has 0 bridgehead atoms. The van der Waals surface area contributed by atoms with Gasteiger partial charge in [-0.1, -0.05) is 60.2 Å². The van der Waals surface area contributed by atoms with E-state index in [-0.39, 0.29) is 18.4 Å². The molecule has 1 N–H and O–H groups in total. The van der Waals surface area contributed by atoms with Crippen LogP contribution in [0.5, 0.6) is 0 Å². The molecule has 0 saturated heterocycles. The quantitative estimate of drug-likeness (QED) is 0.583. The Kier molecular flexibility index (Phi) is 4.85. The van der Waals surface area contributed by atoms with Crippen molar-refractivity contribution in [3.63, 3.8) is 0 Å². The molecule has 140 valence electrons. The average Bonchev–Trinajstić information content (AvgIpc) is 3.15. The molecule has 0 saturated carbocycles. The molecule has 2 aromatic heterocycles. The summed E-state index contributed by atoms with van der Waals surface area (Å²) < 4.78 is 1.68. The molecule has 6 nitrogen and oxygen atoms in total. The lowest BCUT2D eigenvalue weighted by Gasteiger charge is -2.12. The van der Waals surface area contributed by atoms with Crippen LogP contribution in [-0.4, -0.2) is 25.7 Å². The van der Waals surface area contributed by atoms with Gasteiger partial charge >= 0.3 is 0 Å². The zero-order chi connectivity index (χ0) is 19.5. The van der Waals surface area contributed by atoms with Crippen molar-refractivity contribution in [2.75, 3.05) is 0 Å². The van der Waals surface area contributed by atoms with Gasteiger partial charge < -0.3 is 5.32 Å². The normalized spacial score (nSPS) is 12.1. The molecule has 1 unspecified atom stereocenters. The molecule has 2 aromatic carbocycles. The summed E-state index contributed by atoms with van der Waals surface area (Å²) in [6.45, 7) is 4.21. The molecule has 6 heteroatoms. The van der Waals surface area contributed by atoms with Crippen LogP contribution in [0.1, 0.15) is 29.8 Å². The summed E-state index contributed by atoms with van der Waals surface area (Å²) in [5, 5.41) is 15.9. The zero-order valence-corrected chi connectivity index (χ0v) is 15.8. The fourth-order valence-electron chi connectivity index (χ4n) is 3.03. The van der Waals surface area contributed by atoms with Gasteiger partial charge in [-0.3, -0.25) is 4.79 Å². The van der Waals surface area contributed by atoms with Crippen molar-refractivity contribution in [3.8, 4) is 11.3 Å². The third-order valence-electron chi connectivity index (χ3n) is 4.79. The first-order valence-corrected chi connectivity index (χ1v) is 9.23.